The maximum Gasteiger partial charge on any atom is 0.266 e. The molecule has 1 N–H and O–H groups in total. The van der Waals surface area contributed by atoms with Gasteiger partial charge in [-0.1, -0.05) is 66.5 Å². The van der Waals surface area contributed by atoms with Gasteiger partial charge >= 0.3 is 0 Å². The number of anilines is 1. The Morgan fingerprint density at radius 2 is 1.97 bits per heavy atom. The summed E-state index contributed by atoms with van der Waals surface area (Å²) in [6.07, 6.45) is 5.41. The Balaban J connectivity index is 1.38. The third-order valence-corrected chi connectivity index (χ3v) is 5.56. The van der Waals surface area contributed by atoms with Crippen LogP contribution in [0.5, 0.6) is 11.5 Å². The van der Waals surface area contributed by atoms with Crippen molar-refractivity contribution in [2.75, 3.05) is 18.7 Å². The number of benzene rings is 2. The number of nitrogens with one attached hydrogen (secondary N) is 1. The summed E-state index contributed by atoms with van der Waals surface area (Å²) in [5.74, 6) is 0.579. The van der Waals surface area contributed by atoms with Crippen LogP contribution in [0.1, 0.15) is 5.56 Å². The Labute approximate surface area is 177 Å². The molecule has 0 radical (unpaired) electrons. The molecule has 2 heterocycles. The summed E-state index contributed by atoms with van der Waals surface area (Å²) in [6, 6.07) is 14.9. The van der Waals surface area contributed by atoms with Gasteiger partial charge in [0, 0.05) is 11.8 Å². The molecule has 0 spiro atoms. The lowest BCUT2D eigenvalue weighted by atomic mass is 10.2. The van der Waals surface area contributed by atoms with Gasteiger partial charge in [-0.15, -0.1) is 0 Å². The van der Waals surface area contributed by atoms with Crippen molar-refractivity contribution in [2.45, 2.75) is 0 Å². The number of hydrogen-bond acceptors (Lipinski definition) is 6. The predicted molar refractivity (Wildman–Crippen MR) is 117 cm³/mol. The monoisotopic (exact) mass is 424 g/mol. The maximum absolute atomic E-state index is 12.6. The Kier molecular flexibility index (Phi) is 5.64. The van der Waals surface area contributed by atoms with E-state index in [9.17, 15) is 9.59 Å². The Bertz CT molecular complexity index is 1030. The molecule has 8 heteroatoms. The highest BCUT2D eigenvalue weighted by atomic mass is 32.2. The first-order valence-corrected chi connectivity index (χ1v) is 9.99. The summed E-state index contributed by atoms with van der Waals surface area (Å²) in [6.45, 7) is 0.00713. The number of carbonyl (C=O) groups is 2. The minimum absolute atomic E-state index is 0.154. The van der Waals surface area contributed by atoms with E-state index in [2.05, 4.69) is 5.32 Å². The molecule has 6 nitrogen and oxygen atoms in total. The fourth-order valence-electron chi connectivity index (χ4n) is 2.78. The molecular formula is C21H16N2O4S2. The summed E-state index contributed by atoms with van der Waals surface area (Å²) in [5, 5.41) is 2.75. The molecule has 4 rings (SSSR count). The predicted octanol–water partition coefficient (Wildman–Crippen LogP) is 3.81. The quantitative estimate of drug-likeness (QED) is 0.582. The largest absolute Gasteiger partial charge is 0.454 e. The van der Waals surface area contributed by atoms with Crippen molar-refractivity contribution in [3.63, 3.8) is 0 Å². The molecule has 0 aliphatic carbocycles. The first-order chi connectivity index (χ1) is 14.1. The Hall–Kier alpha value is -3.10. The van der Waals surface area contributed by atoms with Crippen LogP contribution < -0.4 is 14.8 Å². The summed E-state index contributed by atoms with van der Waals surface area (Å²) < 4.78 is 10.9. The molecule has 2 amide bonds. The molecule has 0 saturated carbocycles. The van der Waals surface area contributed by atoms with Gasteiger partial charge in [0.15, 0.2) is 11.5 Å². The molecule has 1 fully saturated rings. The van der Waals surface area contributed by atoms with E-state index in [4.69, 9.17) is 21.7 Å². The van der Waals surface area contributed by atoms with Crippen LogP contribution in [-0.4, -0.2) is 34.4 Å². The SMILES string of the molecule is O=C(CN1C(=O)/C(=C/C=C/c2ccccc2)SC1=S)Nc1ccc2c(c1)OCO2. The molecule has 2 aliphatic heterocycles. The molecule has 29 heavy (non-hydrogen) atoms. The number of thiocarbonyl (C=S) groups is 1. The van der Waals surface area contributed by atoms with Crippen LogP contribution in [-0.2, 0) is 9.59 Å². The average molecular weight is 425 g/mol. The highest BCUT2D eigenvalue weighted by molar-refractivity contribution is 8.26. The minimum atomic E-state index is -0.346. The van der Waals surface area contributed by atoms with Gasteiger partial charge in [0.25, 0.3) is 5.91 Å². The third kappa shape index (κ3) is 4.49. The average Bonchev–Trinajstić information content (AvgIpc) is 3.28. The third-order valence-electron chi connectivity index (χ3n) is 4.17. The molecule has 0 unspecified atom stereocenters. The number of rotatable bonds is 5. The van der Waals surface area contributed by atoms with Gasteiger partial charge < -0.3 is 14.8 Å². The van der Waals surface area contributed by atoms with Crippen LogP contribution in [0.4, 0.5) is 5.69 Å². The lowest BCUT2D eigenvalue weighted by Crippen LogP contribution is -2.36. The highest BCUT2D eigenvalue weighted by Gasteiger charge is 2.33. The van der Waals surface area contributed by atoms with E-state index in [1.165, 1.54) is 16.7 Å². The first-order valence-electron chi connectivity index (χ1n) is 8.77. The van der Waals surface area contributed by atoms with Gasteiger partial charge in [-0.05, 0) is 23.8 Å². The van der Waals surface area contributed by atoms with Crippen molar-refractivity contribution >= 4 is 51.9 Å². The standard InChI is InChI=1S/C21H16N2O4S2/c24-19(22-15-9-10-16-17(11-15)27-13-26-16)12-23-20(25)18(29-21(23)28)8-4-7-14-5-2-1-3-6-14/h1-11H,12-13H2,(H,22,24)/b7-4+,18-8-. The smallest absolute Gasteiger partial charge is 0.266 e. The van der Waals surface area contributed by atoms with Crippen LogP contribution in [0.2, 0.25) is 0 Å². The second-order valence-corrected chi connectivity index (χ2v) is 7.85. The zero-order valence-corrected chi connectivity index (χ0v) is 16.8. The minimum Gasteiger partial charge on any atom is -0.454 e. The zero-order valence-electron chi connectivity index (χ0n) is 15.2. The van der Waals surface area contributed by atoms with Crippen LogP contribution in [0.15, 0.2) is 65.6 Å². The molecule has 1 saturated heterocycles. The van der Waals surface area contributed by atoms with E-state index < -0.39 is 0 Å². The zero-order chi connectivity index (χ0) is 20.2. The molecule has 2 aromatic rings. The highest BCUT2D eigenvalue weighted by Crippen LogP contribution is 2.34. The number of thioether (sulfide) groups is 1. The van der Waals surface area contributed by atoms with Crippen molar-refractivity contribution in [1.29, 1.82) is 0 Å². The van der Waals surface area contributed by atoms with Crippen molar-refractivity contribution < 1.29 is 19.1 Å². The fraction of sp³-hybridized carbons (Fsp3) is 0.0952. The van der Waals surface area contributed by atoms with Gasteiger partial charge in [-0.3, -0.25) is 14.5 Å². The summed E-state index contributed by atoms with van der Waals surface area (Å²) in [4.78, 5) is 26.8. The van der Waals surface area contributed by atoms with Crippen molar-refractivity contribution in [1.82, 2.24) is 4.90 Å². The van der Waals surface area contributed by atoms with Gasteiger partial charge in [-0.2, -0.15) is 0 Å². The van der Waals surface area contributed by atoms with Crippen molar-refractivity contribution in [2.24, 2.45) is 0 Å². The van der Waals surface area contributed by atoms with Crippen LogP contribution in [0, 0.1) is 0 Å². The van der Waals surface area contributed by atoms with Crippen molar-refractivity contribution in [3.05, 3.63) is 71.2 Å². The molecule has 2 aliphatic rings. The topological polar surface area (TPSA) is 67.9 Å². The lowest BCUT2D eigenvalue weighted by molar-refractivity contribution is -0.126. The number of allylic oxidation sites excluding steroid dienone is 2. The summed E-state index contributed by atoms with van der Waals surface area (Å²) in [5.41, 5.74) is 1.59. The molecule has 0 aromatic heterocycles. The second-order valence-electron chi connectivity index (χ2n) is 6.18. The van der Waals surface area contributed by atoms with E-state index in [1.807, 2.05) is 36.4 Å². The van der Waals surface area contributed by atoms with Crippen LogP contribution >= 0.6 is 24.0 Å². The number of carbonyl (C=O) groups excluding carboxylic acids is 2. The first kappa shape index (κ1) is 19.2. The maximum atomic E-state index is 12.6. The van der Waals surface area contributed by atoms with Gasteiger partial charge in [0.2, 0.25) is 12.7 Å². The molecule has 0 bridgehead atoms. The Morgan fingerprint density at radius 3 is 2.79 bits per heavy atom. The number of ether oxygens (including phenoxy) is 2. The molecule has 146 valence electrons. The second kappa shape index (κ2) is 8.50. The van der Waals surface area contributed by atoms with Crippen LogP contribution in [0.25, 0.3) is 6.08 Å². The number of nitrogens with zero attached hydrogens (tertiary/aromatic N) is 1. The lowest BCUT2D eigenvalue weighted by Gasteiger charge is -2.14. The van der Waals surface area contributed by atoms with Gasteiger partial charge in [0.1, 0.15) is 10.9 Å². The van der Waals surface area contributed by atoms with E-state index in [-0.39, 0.29) is 25.2 Å². The van der Waals surface area contributed by atoms with Gasteiger partial charge in [-0.25, -0.2) is 0 Å². The molecular weight excluding hydrogens is 408 g/mol. The number of hydrogen-bond donors (Lipinski definition) is 1. The van der Waals surface area contributed by atoms with Gasteiger partial charge in [0.05, 0.1) is 4.91 Å². The summed E-state index contributed by atoms with van der Waals surface area (Å²) in [7, 11) is 0. The Morgan fingerprint density at radius 1 is 1.17 bits per heavy atom. The van der Waals surface area contributed by atoms with Crippen molar-refractivity contribution in [3.8, 4) is 11.5 Å². The molecule has 2 aromatic carbocycles. The van der Waals surface area contributed by atoms with E-state index in [0.717, 1.165) is 5.56 Å². The number of amides is 2. The van der Waals surface area contributed by atoms with Crippen LogP contribution in [0.3, 0.4) is 0 Å². The molecule has 0 atom stereocenters. The van der Waals surface area contributed by atoms with E-state index in [0.29, 0.717) is 26.4 Å². The summed E-state index contributed by atoms with van der Waals surface area (Å²) >= 11 is 6.46. The fourth-order valence-corrected chi connectivity index (χ4v) is 3.99. The normalized spacial score (nSPS) is 16.8. The van der Waals surface area contributed by atoms with E-state index >= 15 is 0 Å². The van der Waals surface area contributed by atoms with E-state index in [1.54, 1.807) is 30.4 Å². The number of fused-ring (bicyclic) bond motifs is 1.